The van der Waals surface area contributed by atoms with E-state index in [1.54, 1.807) is 0 Å². The number of nitrogens with one attached hydrogen (secondary N) is 2. The molecule has 0 heterocycles. The highest BCUT2D eigenvalue weighted by Gasteiger charge is 2.31. The van der Waals surface area contributed by atoms with E-state index in [1.807, 2.05) is 55.5 Å². The second-order valence-electron chi connectivity index (χ2n) is 7.88. The number of hydrogen-bond acceptors (Lipinski definition) is 5. The third-order valence-corrected chi connectivity index (χ3v) is 5.58. The Morgan fingerprint density at radius 2 is 1.56 bits per heavy atom. The number of fused-ring (bicyclic) bond motifs is 3. The lowest BCUT2D eigenvalue weighted by atomic mass is 9.98. The summed E-state index contributed by atoms with van der Waals surface area (Å²) in [5, 5.41) is 23.5. The zero-order valence-electron chi connectivity index (χ0n) is 18.1. The van der Waals surface area contributed by atoms with E-state index in [0.717, 1.165) is 22.3 Å². The number of amides is 2. The molecule has 0 aromatic heterocycles. The van der Waals surface area contributed by atoms with Gasteiger partial charge in [-0.1, -0.05) is 61.9 Å². The van der Waals surface area contributed by atoms with E-state index in [4.69, 9.17) is 9.84 Å². The maximum Gasteiger partial charge on any atom is 0.407 e. The van der Waals surface area contributed by atoms with E-state index < -0.39 is 36.2 Å². The lowest BCUT2D eigenvalue weighted by molar-refractivity contribution is -0.145. The van der Waals surface area contributed by atoms with Crippen LogP contribution in [-0.4, -0.2) is 53.0 Å². The summed E-state index contributed by atoms with van der Waals surface area (Å²) >= 11 is 0. The molecule has 0 saturated heterocycles. The summed E-state index contributed by atoms with van der Waals surface area (Å²) in [7, 11) is 0. The highest BCUT2D eigenvalue weighted by Crippen LogP contribution is 2.44. The summed E-state index contributed by atoms with van der Waals surface area (Å²) in [5.74, 6) is -2.16. The number of alkyl carbamates (subject to hydrolysis) is 1. The molecule has 0 fully saturated rings. The third kappa shape index (κ3) is 5.08. The first-order valence-corrected chi connectivity index (χ1v) is 10.7. The van der Waals surface area contributed by atoms with Crippen LogP contribution in [-0.2, 0) is 14.3 Å². The van der Waals surface area contributed by atoms with Crippen molar-refractivity contribution in [2.75, 3.05) is 6.61 Å². The standard InChI is InChI=1S/C24H28N2O6/c1-3-8-20(22(28)26-21(14(2)27)23(29)30)25-24(31)32-13-19-17-11-6-4-9-15(17)16-10-5-7-12-18(16)19/h4-7,9-12,14,19-21,27H,3,8,13H2,1-2H3,(H,25,31)(H,26,28)(H,29,30)/t14-,20?,21+/m1/s1. The topological polar surface area (TPSA) is 125 Å². The van der Waals surface area contributed by atoms with Gasteiger partial charge in [-0.3, -0.25) is 4.79 Å². The molecule has 8 nitrogen and oxygen atoms in total. The highest BCUT2D eigenvalue weighted by molar-refractivity contribution is 5.89. The first-order chi connectivity index (χ1) is 15.3. The predicted octanol–water partition coefficient (Wildman–Crippen LogP) is 2.64. The highest BCUT2D eigenvalue weighted by atomic mass is 16.5. The van der Waals surface area contributed by atoms with E-state index in [-0.39, 0.29) is 12.5 Å². The minimum atomic E-state index is -1.47. The van der Waals surface area contributed by atoms with Gasteiger partial charge in [0.05, 0.1) is 6.10 Å². The van der Waals surface area contributed by atoms with Crippen LogP contribution in [0.25, 0.3) is 11.1 Å². The van der Waals surface area contributed by atoms with Gasteiger partial charge in [0.1, 0.15) is 12.6 Å². The van der Waals surface area contributed by atoms with Gasteiger partial charge in [-0.15, -0.1) is 0 Å². The van der Waals surface area contributed by atoms with Gasteiger partial charge < -0.3 is 25.6 Å². The van der Waals surface area contributed by atoms with Crippen molar-refractivity contribution in [2.24, 2.45) is 0 Å². The number of rotatable bonds is 9. The third-order valence-electron chi connectivity index (χ3n) is 5.58. The summed E-state index contributed by atoms with van der Waals surface area (Å²) in [6.07, 6.45) is -1.17. The molecule has 2 aromatic carbocycles. The molecular weight excluding hydrogens is 412 g/mol. The Morgan fingerprint density at radius 1 is 1.00 bits per heavy atom. The van der Waals surface area contributed by atoms with Gasteiger partial charge in [-0.05, 0) is 35.6 Å². The number of aliphatic carboxylic acids is 1. The quantitative estimate of drug-likeness (QED) is 0.475. The van der Waals surface area contributed by atoms with Crippen molar-refractivity contribution < 1.29 is 29.3 Å². The second-order valence-corrected chi connectivity index (χ2v) is 7.88. The van der Waals surface area contributed by atoms with E-state index in [2.05, 4.69) is 10.6 Å². The van der Waals surface area contributed by atoms with Crippen LogP contribution in [0.1, 0.15) is 43.7 Å². The zero-order valence-corrected chi connectivity index (χ0v) is 18.1. The Morgan fingerprint density at radius 3 is 2.06 bits per heavy atom. The number of carbonyl (C=O) groups excluding carboxylic acids is 2. The van der Waals surface area contributed by atoms with Crippen molar-refractivity contribution in [1.82, 2.24) is 10.6 Å². The summed E-state index contributed by atoms with van der Waals surface area (Å²) in [5.41, 5.74) is 4.37. The number of carboxylic acids is 1. The number of ether oxygens (including phenoxy) is 1. The average Bonchev–Trinajstić information content (AvgIpc) is 3.09. The molecule has 1 aliphatic carbocycles. The van der Waals surface area contributed by atoms with Crippen LogP contribution in [0.5, 0.6) is 0 Å². The Kier molecular flexibility index (Phi) is 7.48. The predicted molar refractivity (Wildman–Crippen MR) is 118 cm³/mol. The maximum absolute atomic E-state index is 12.5. The minimum absolute atomic E-state index is 0.103. The van der Waals surface area contributed by atoms with E-state index >= 15 is 0 Å². The molecule has 0 spiro atoms. The van der Waals surface area contributed by atoms with Crippen LogP contribution >= 0.6 is 0 Å². The molecule has 32 heavy (non-hydrogen) atoms. The second kappa shape index (κ2) is 10.3. The number of hydrogen-bond donors (Lipinski definition) is 4. The van der Waals surface area contributed by atoms with Crippen molar-refractivity contribution in [3.8, 4) is 11.1 Å². The number of aliphatic hydroxyl groups is 1. The minimum Gasteiger partial charge on any atom is -0.480 e. The molecule has 4 N–H and O–H groups in total. The van der Waals surface area contributed by atoms with Gasteiger partial charge in [-0.2, -0.15) is 0 Å². The van der Waals surface area contributed by atoms with Gasteiger partial charge >= 0.3 is 12.1 Å². The first-order valence-electron chi connectivity index (χ1n) is 10.7. The number of aliphatic hydroxyl groups excluding tert-OH is 1. The van der Waals surface area contributed by atoms with Crippen LogP contribution in [0.2, 0.25) is 0 Å². The molecule has 3 atom stereocenters. The van der Waals surface area contributed by atoms with Crippen molar-refractivity contribution in [1.29, 1.82) is 0 Å². The normalized spacial score (nSPS) is 15.1. The molecule has 0 saturated carbocycles. The van der Waals surface area contributed by atoms with Crippen molar-refractivity contribution in [3.05, 3.63) is 59.7 Å². The molecule has 1 aliphatic rings. The lowest BCUT2D eigenvalue weighted by Gasteiger charge is -2.22. The fourth-order valence-electron chi connectivity index (χ4n) is 3.98. The lowest BCUT2D eigenvalue weighted by Crippen LogP contribution is -2.54. The van der Waals surface area contributed by atoms with Gasteiger partial charge in [0.2, 0.25) is 5.91 Å². The molecule has 1 unspecified atom stereocenters. The SMILES string of the molecule is CCCC(NC(=O)OCC1c2ccccc2-c2ccccc21)C(=O)N[C@H](C(=O)O)[C@@H](C)O. The number of carboxylic acid groups (broad SMARTS) is 1. The van der Waals surface area contributed by atoms with Gasteiger partial charge in [0.25, 0.3) is 0 Å². The molecule has 0 bridgehead atoms. The van der Waals surface area contributed by atoms with Gasteiger partial charge in [-0.25, -0.2) is 9.59 Å². The Balaban J connectivity index is 1.65. The van der Waals surface area contributed by atoms with Gasteiger partial charge in [0.15, 0.2) is 6.04 Å². The average molecular weight is 440 g/mol. The summed E-state index contributed by atoms with van der Waals surface area (Å²) in [4.78, 5) is 36.3. The van der Waals surface area contributed by atoms with Crippen LogP contribution in [0.15, 0.2) is 48.5 Å². The Bertz CT molecular complexity index is 944. The smallest absolute Gasteiger partial charge is 0.407 e. The van der Waals surface area contributed by atoms with Crippen LogP contribution in [0.3, 0.4) is 0 Å². The molecule has 2 aromatic rings. The molecule has 170 valence electrons. The zero-order chi connectivity index (χ0) is 23.3. The Labute approximate surface area is 186 Å². The van der Waals surface area contributed by atoms with Crippen LogP contribution < -0.4 is 10.6 Å². The Hall–Kier alpha value is -3.39. The molecule has 8 heteroatoms. The fourth-order valence-corrected chi connectivity index (χ4v) is 3.98. The van der Waals surface area contributed by atoms with Crippen molar-refractivity contribution in [3.63, 3.8) is 0 Å². The van der Waals surface area contributed by atoms with Crippen LogP contribution in [0.4, 0.5) is 4.79 Å². The van der Waals surface area contributed by atoms with E-state index in [9.17, 15) is 19.5 Å². The molecule has 0 radical (unpaired) electrons. The number of carbonyl (C=O) groups is 3. The molecule has 0 aliphatic heterocycles. The van der Waals surface area contributed by atoms with Crippen molar-refractivity contribution >= 4 is 18.0 Å². The maximum atomic E-state index is 12.5. The largest absolute Gasteiger partial charge is 0.480 e. The van der Waals surface area contributed by atoms with Gasteiger partial charge in [0, 0.05) is 5.92 Å². The molecular formula is C24H28N2O6. The van der Waals surface area contributed by atoms with Crippen LogP contribution in [0, 0.1) is 0 Å². The van der Waals surface area contributed by atoms with Crippen molar-refractivity contribution in [2.45, 2.75) is 50.8 Å². The molecule has 2 amide bonds. The number of benzene rings is 2. The summed E-state index contributed by atoms with van der Waals surface area (Å²) in [6, 6.07) is 13.5. The fraction of sp³-hybridized carbons (Fsp3) is 0.375. The monoisotopic (exact) mass is 440 g/mol. The van der Waals surface area contributed by atoms with E-state index in [1.165, 1.54) is 6.92 Å². The molecule has 3 rings (SSSR count). The first kappa shape index (κ1) is 23.3. The summed E-state index contributed by atoms with van der Waals surface area (Å²) < 4.78 is 5.47. The van der Waals surface area contributed by atoms with E-state index in [0.29, 0.717) is 12.8 Å². The summed E-state index contributed by atoms with van der Waals surface area (Å²) in [6.45, 7) is 3.21.